The molecule has 12 nitrogen and oxygen atoms in total. The van der Waals surface area contributed by atoms with Crippen molar-refractivity contribution in [3.63, 3.8) is 0 Å². The largest absolute Gasteiger partial charge is 0.507 e. The van der Waals surface area contributed by atoms with Crippen LogP contribution in [0, 0.1) is 20.2 Å². The van der Waals surface area contributed by atoms with Crippen molar-refractivity contribution in [3.8, 4) is 11.5 Å². The van der Waals surface area contributed by atoms with Gasteiger partial charge in [0.1, 0.15) is 11.5 Å². The summed E-state index contributed by atoms with van der Waals surface area (Å²) in [5.74, 6) is 0.409. The molecule has 1 N–H and O–H groups in total. The average molecular weight is 822 g/mol. The van der Waals surface area contributed by atoms with E-state index >= 15 is 0 Å². The number of carbonyl (C=O) groups excluding carboxylic acids is 1. The Bertz CT molecular complexity index is 2630. The molecule has 4 aliphatic rings. The fraction of sp³-hybridized carbons (Fsp3) is 0.265. The average Bonchev–Trinajstić information content (AvgIpc) is 3.66. The molecule has 0 saturated carbocycles. The second kappa shape index (κ2) is 16.2. The fourth-order valence-corrected chi connectivity index (χ4v) is 8.26. The van der Waals surface area contributed by atoms with Gasteiger partial charge in [-0.1, -0.05) is 88.9 Å². The van der Waals surface area contributed by atoms with Crippen LogP contribution in [-0.2, 0) is 16.2 Å². The smallest absolute Gasteiger partial charge is 0.270 e. The summed E-state index contributed by atoms with van der Waals surface area (Å²) in [5.41, 5.74) is 9.71. The van der Waals surface area contributed by atoms with Gasteiger partial charge in [0.25, 0.3) is 11.4 Å². The van der Waals surface area contributed by atoms with E-state index in [1.807, 2.05) is 37.4 Å². The Hall–Kier alpha value is -7.08. The molecular weight excluding hydrogens is 771 g/mol. The Kier molecular flexibility index (Phi) is 11.5. The zero-order valence-electron chi connectivity index (χ0n) is 36.0. The van der Waals surface area contributed by atoms with Crippen molar-refractivity contribution in [1.82, 2.24) is 0 Å². The molecule has 0 unspecified atom stereocenters. The molecule has 0 aromatic heterocycles. The number of hydrogen-bond donors (Lipinski definition) is 1. The molecule has 0 fully saturated rings. The minimum Gasteiger partial charge on any atom is -0.507 e. The second-order valence-electron chi connectivity index (χ2n) is 16.9. The van der Waals surface area contributed by atoms with Crippen LogP contribution in [0.5, 0.6) is 11.5 Å². The van der Waals surface area contributed by atoms with Crippen molar-refractivity contribution in [3.05, 3.63) is 176 Å². The summed E-state index contributed by atoms with van der Waals surface area (Å²) in [6.07, 6.45) is 4.30. The molecule has 0 radical (unpaired) electrons. The minimum atomic E-state index is -0.653. The van der Waals surface area contributed by atoms with Crippen LogP contribution < -0.4 is 14.5 Å². The normalized spacial score (nSPS) is 18.6. The van der Waals surface area contributed by atoms with Gasteiger partial charge < -0.3 is 19.6 Å². The van der Waals surface area contributed by atoms with Crippen molar-refractivity contribution in [2.75, 3.05) is 23.9 Å². The lowest BCUT2D eigenvalue weighted by molar-refractivity contribution is -0.385. The summed E-state index contributed by atoms with van der Waals surface area (Å²) >= 11 is 0. The summed E-state index contributed by atoms with van der Waals surface area (Å²) in [5, 5.41) is 30.1. The highest BCUT2D eigenvalue weighted by Crippen LogP contribution is 2.54. The molecule has 4 aliphatic heterocycles. The zero-order valence-corrected chi connectivity index (χ0v) is 36.0. The van der Waals surface area contributed by atoms with Crippen LogP contribution in [0.1, 0.15) is 81.1 Å². The number of ether oxygens (including phenoxy) is 1. The Morgan fingerprint density at radius 2 is 1.30 bits per heavy atom. The second-order valence-corrected chi connectivity index (χ2v) is 16.9. The first-order chi connectivity index (χ1) is 28.7. The number of phenols is 1. The number of aromatic hydroxyl groups is 1. The Morgan fingerprint density at radius 1 is 0.738 bits per heavy atom. The number of allylic oxidation sites excluding steroid dienone is 1. The molecule has 0 bridgehead atoms. The SMILES string of the molecule is C=C1N(C)c2ccccc2C1(C)C.CC1=Nc2ccccc2C1(C)C.CN1c2ccccc2C(C)(C)[C@]12C=Cc1cc([N+](=O)[O-])ccc1O2.O=Cc1cc([N+](=O)[O-])ccc1O. The molecule has 5 aromatic carbocycles. The number of phenolic OH excluding ortho intramolecular Hbond substituents is 1. The molecule has 314 valence electrons. The number of anilines is 2. The zero-order chi connectivity index (χ0) is 44.7. The van der Waals surface area contributed by atoms with Crippen molar-refractivity contribution in [2.45, 2.75) is 70.4 Å². The van der Waals surface area contributed by atoms with Crippen LogP contribution in [0.2, 0.25) is 0 Å². The number of nitrogens with zero attached hydrogens (tertiary/aromatic N) is 5. The molecule has 4 heterocycles. The lowest BCUT2D eigenvalue weighted by Crippen LogP contribution is -2.58. The maximum Gasteiger partial charge on any atom is 0.270 e. The van der Waals surface area contributed by atoms with Gasteiger partial charge in [-0.2, -0.15) is 0 Å². The van der Waals surface area contributed by atoms with Crippen LogP contribution in [0.4, 0.5) is 28.4 Å². The van der Waals surface area contributed by atoms with Gasteiger partial charge in [-0.3, -0.25) is 30.0 Å². The fourth-order valence-electron chi connectivity index (χ4n) is 8.26. The molecule has 0 saturated heterocycles. The van der Waals surface area contributed by atoms with Crippen LogP contribution >= 0.6 is 0 Å². The van der Waals surface area contributed by atoms with Gasteiger partial charge in [0.2, 0.25) is 5.72 Å². The highest BCUT2D eigenvalue weighted by Gasteiger charge is 2.57. The topological polar surface area (TPSA) is 152 Å². The van der Waals surface area contributed by atoms with Gasteiger partial charge in [-0.05, 0) is 79.9 Å². The van der Waals surface area contributed by atoms with E-state index in [4.69, 9.17) is 9.84 Å². The summed E-state index contributed by atoms with van der Waals surface area (Å²) in [7, 11) is 4.10. The van der Waals surface area contributed by atoms with E-state index < -0.39 is 10.6 Å². The van der Waals surface area contributed by atoms with Gasteiger partial charge >= 0.3 is 0 Å². The first kappa shape index (κ1) is 43.5. The molecule has 0 aliphatic carbocycles. The number of fused-ring (bicyclic) bond motifs is 4. The lowest BCUT2D eigenvalue weighted by Gasteiger charge is -2.45. The number of rotatable bonds is 3. The van der Waals surface area contributed by atoms with E-state index in [1.165, 1.54) is 39.9 Å². The minimum absolute atomic E-state index is 0.0697. The standard InChI is InChI=1S/C19H18N2O3.C12H15N.C11H13N.C7H5NO4/c1-18(2)15-6-4-5-7-16(15)20(3)19(18)11-10-13-12-14(21(22)23)8-9-17(13)24-19;1-9-12(2,3)10-7-5-6-8-11(10)13(9)4;1-8-11(2,3)9-6-4-5-7-10(9)12-8;9-4-5-3-6(8(11)12)1-2-7(5)10/h4-12H,1-3H3;5-8H,1H2,2-4H3;4-7H,1-3H3;1-4,10H/t19-;;;/m1.../s1. The maximum atomic E-state index is 11.0. The van der Waals surface area contributed by atoms with Crippen LogP contribution in [-0.4, -0.2) is 46.8 Å². The Morgan fingerprint density at radius 3 is 1.89 bits per heavy atom. The molecular formula is C49H51N5O7. The highest BCUT2D eigenvalue weighted by molar-refractivity contribution is 5.99. The van der Waals surface area contributed by atoms with E-state index in [-0.39, 0.29) is 43.9 Å². The van der Waals surface area contributed by atoms with Crippen LogP contribution in [0.15, 0.2) is 133 Å². The first-order valence-electron chi connectivity index (χ1n) is 19.8. The molecule has 5 aromatic rings. The van der Waals surface area contributed by atoms with Crippen LogP contribution in [0.25, 0.3) is 6.08 Å². The van der Waals surface area contributed by atoms with E-state index in [0.717, 1.165) is 35.1 Å². The molecule has 12 heteroatoms. The molecule has 0 amide bonds. The van der Waals surface area contributed by atoms with Gasteiger partial charge in [0.05, 0.1) is 26.5 Å². The maximum absolute atomic E-state index is 11.0. The third kappa shape index (κ3) is 7.65. The van der Waals surface area contributed by atoms with Gasteiger partial charge in [0.15, 0.2) is 6.29 Å². The third-order valence-corrected chi connectivity index (χ3v) is 12.5. The van der Waals surface area contributed by atoms with Crippen molar-refractivity contribution in [1.29, 1.82) is 0 Å². The predicted octanol–water partition coefficient (Wildman–Crippen LogP) is 11.2. The van der Waals surface area contributed by atoms with Crippen molar-refractivity contribution in [2.24, 2.45) is 4.99 Å². The number of para-hydroxylation sites is 3. The van der Waals surface area contributed by atoms with Crippen molar-refractivity contribution < 1.29 is 24.5 Å². The van der Waals surface area contributed by atoms with Crippen molar-refractivity contribution >= 4 is 46.5 Å². The summed E-state index contributed by atoms with van der Waals surface area (Å²) in [6, 6.07) is 33.1. The van der Waals surface area contributed by atoms with E-state index in [2.05, 4.69) is 131 Å². The number of hydrogen-bond acceptors (Lipinski definition) is 10. The monoisotopic (exact) mass is 821 g/mol. The summed E-state index contributed by atoms with van der Waals surface area (Å²) < 4.78 is 6.44. The number of nitro benzene ring substituents is 2. The Balaban J connectivity index is 0.000000144. The molecule has 1 atom stereocenters. The summed E-state index contributed by atoms with van der Waals surface area (Å²) in [4.78, 5) is 39.2. The number of likely N-dealkylation sites (N-methyl/N-ethyl adjacent to an activating group) is 2. The molecule has 61 heavy (non-hydrogen) atoms. The van der Waals surface area contributed by atoms with E-state index in [1.54, 1.807) is 12.1 Å². The predicted molar refractivity (Wildman–Crippen MR) is 243 cm³/mol. The Labute approximate surface area is 356 Å². The van der Waals surface area contributed by atoms with Crippen LogP contribution in [0.3, 0.4) is 0 Å². The number of carbonyl (C=O) groups is 1. The van der Waals surface area contributed by atoms with E-state index in [9.17, 15) is 25.0 Å². The quantitative estimate of drug-likeness (QED) is 0.106. The van der Waals surface area contributed by atoms with Gasteiger partial charge in [-0.25, -0.2) is 0 Å². The summed E-state index contributed by atoms with van der Waals surface area (Å²) in [6.45, 7) is 19.4. The number of non-ortho nitro benzene ring substituents is 2. The number of aliphatic imine (C=N–C) groups is 1. The first-order valence-corrected chi connectivity index (χ1v) is 19.8. The number of nitro groups is 2. The number of aldehydes is 1. The van der Waals surface area contributed by atoms with Gasteiger partial charge in [0, 0.05) is 77.5 Å². The third-order valence-electron chi connectivity index (χ3n) is 12.5. The molecule has 9 rings (SSSR count). The van der Waals surface area contributed by atoms with E-state index in [0.29, 0.717) is 12.0 Å². The molecule has 1 spiro atoms. The van der Waals surface area contributed by atoms with Gasteiger partial charge in [-0.15, -0.1) is 0 Å². The number of benzene rings is 5. The highest BCUT2D eigenvalue weighted by atomic mass is 16.6. The lowest BCUT2D eigenvalue weighted by atomic mass is 9.76.